The van der Waals surface area contributed by atoms with Crippen molar-refractivity contribution in [3.05, 3.63) is 10.9 Å². The molecule has 0 unspecified atom stereocenters. The van der Waals surface area contributed by atoms with E-state index in [0.29, 0.717) is 17.9 Å². The quantitative estimate of drug-likeness (QED) is 0.640. The van der Waals surface area contributed by atoms with Crippen LogP contribution in [-0.4, -0.2) is 13.2 Å². The number of rotatable bonds is 4. The van der Waals surface area contributed by atoms with E-state index in [1.165, 1.54) is 0 Å². The summed E-state index contributed by atoms with van der Waals surface area (Å²) in [6, 6.07) is 0. The number of hydrogen-bond acceptors (Lipinski definition) is 2. The predicted octanol–water partition coefficient (Wildman–Crippen LogP) is 2.25. The highest BCUT2D eigenvalue weighted by Crippen LogP contribution is 2.05. The molecule has 3 heteroatoms. The van der Waals surface area contributed by atoms with Crippen molar-refractivity contribution in [2.45, 2.75) is 13.8 Å². The molecule has 0 aromatic carbocycles. The van der Waals surface area contributed by atoms with Crippen molar-refractivity contribution < 1.29 is 9.47 Å². The van der Waals surface area contributed by atoms with Gasteiger partial charge in [0.15, 0.2) is 4.67 Å². The first-order chi connectivity index (χ1) is 4.31. The summed E-state index contributed by atoms with van der Waals surface area (Å²) in [5, 5.41) is 0. The Morgan fingerprint density at radius 3 is 2.56 bits per heavy atom. The van der Waals surface area contributed by atoms with E-state index in [4.69, 9.17) is 9.47 Å². The third-order valence-corrected chi connectivity index (χ3v) is 1.04. The fourth-order valence-corrected chi connectivity index (χ4v) is 0.682. The molecular weight excluding hydrogens is 184 g/mol. The molecule has 0 aromatic heterocycles. The molecule has 54 valence electrons. The Kier molecular flexibility index (Phi) is 5.83. The average molecular weight is 195 g/mol. The van der Waals surface area contributed by atoms with E-state index in [2.05, 4.69) is 15.9 Å². The highest BCUT2D eigenvalue weighted by Gasteiger charge is 1.86. The zero-order valence-corrected chi connectivity index (χ0v) is 7.27. The van der Waals surface area contributed by atoms with Crippen LogP contribution in [0.4, 0.5) is 0 Å². The molecule has 0 aliphatic heterocycles. The first-order valence-corrected chi connectivity index (χ1v) is 3.70. The molecule has 0 saturated heterocycles. The van der Waals surface area contributed by atoms with Crippen LogP contribution in [0.5, 0.6) is 0 Å². The molecule has 0 bridgehead atoms. The monoisotopic (exact) mass is 194 g/mol. The molecule has 0 saturated carbocycles. The minimum absolute atomic E-state index is 0.645. The maximum atomic E-state index is 5.00. The zero-order valence-electron chi connectivity index (χ0n) is 5.69. The normalized spacial score (nSPS) is 11.2. The molecule has 0 amide bonds. The van der Waals surface area contributed by atoms with Gasteiger partial charge in [-0.2, -0.15) is 0 Å². The maximum absolute atomic E-state index is 5.00. The summed E-state index contributed by atoms with van der Waals surface area (Å²) in [5.41, 5.74) is 0. The van der Waals surface area contributed by atoms with Crippen molar-refractivity contribution >= 4 is 15.9 Å². The molecular formula is C6H11BrO2. The zero-order chi connectivity index (χ0) is 7.11. The lowest BCUT2D eigenvalue weighted by atomic mass is 10.8. The second kappa shape index (κ2) is 5.95. The Morgan fingerprint density at radius 1 is 1.44 bits per heavy atom. The largest absolute Gasteiger partial charge is 0.497 e. The van der Waals surface area contributed by atoms with E-state index < -0.39 is 0 Å². The van der Waals surface area contributed by atoms with Crippen LogP contribution in [0.3, 0.4) is 0 Å². The van der Waals surface area contributed by atoms with E-state index >= 15 is 0 Å². The second-order valence-electron chi connectivity index (χ2n) is 1.31. The van der Waals surface area contributed by atoms with Crippen LogP contribution in [-0.2, 0) is 9.47 Å². The Labute approximate surface area is 64.0 Å². The molecule has 0 N–H and O–H groups in total. The van der Waals surface area contributed by atoms with Crippen LogP contribution >= 0.6 is 15.9 Å². The third-order valence-electron chi connectivity index (χ3n) is 0.625. The van der Waals surface area contributed by atoms with E-state index in [-0.39, 0.29) is 0 Å². The van der Waals surface area contributed by atoms with Crippen molar-refractivity contribution in [3.8, 4) is 0 Å². The molecule has 2 nitrogen and oxygen atoms in total. The van der Waals surface area contributed by atoms with Crippen molar-refractivity contribution in [2.24, 2.45) is 0 Å². The van der Waals surface area contributed by atoms with Gasteiger partial charge in [0.05, 0.1) is 13.2 Å². The molecule has 0 aliphatic rings. The molecule has 0 aromatic rings. The Bertz CT molecular complexity index is 91.1. The minimum Gasteiger partial charge on any atom is -0.497 e. The van der Waals surface area contributed by atoms with Crippen LogP contribution < -0.4 is 0 Å². The molecule has 0 rings (SSSR count). The third kappa shape index (κ3) is 5.69. The van der Waals surface area contributed by atoms with Gasteiger partial charge in [-0.05, 0) is 29.8 Å². The van der Waals surface area contributed by atoms with Gasteiger partial charge < -0.3 is 9.47 Å². The van der Waals surface area contributed by atoms with Crippen LogP contribution in [0.2, 0.25) is 0 Å². The van der Waals surface area contributed by atoms with E-state index in [1.54, 1.807) is 6.26 Å². The van der Waals surface area contributed by atoms with Crippen molar-refractivity contribution in [3.63, 3.8) is 0 Å². The van der Waals surface area contributed by atoms with Gasteiger partial charge in [0.25, 0.3) is 0 Å². The lowest BCUT2D eigenvalue weighted by Gasteiger charge is -1.99. The predicted molar refractivity (Wildman–Crippen MR) is 40.3 cm³/mol. The van der Waals surface area contributed by atoms with Crippen LogP contribution in [0, 0.1) is 0 Å². The van der Waals surface area contributed by atoms with Gasteiger partial charge in [-0.15, -0.1) is 0 Å². The van der Waals surface area contributed by atoms with Gasteiger partial charge in [-0.3, -0.25) is 0 Å². The molecule has 0 atom stereocenters. The smallest absolute Gasteiger partial charge is 0.196 e. The van der Waals surface area contributed by atoms with Crippen LogP contribution in [0.1, 0.15) is 13.8 Å². The molecule has 0 heterocycles. The lowest BCUT2D eigenvalue weighted by Crippen LogP contribution is -1.85. The topological polar surface area (TPSA) is 18.5 Å². The first-order valence-electron chi connectivity index (χ1n) is 2.91. The second-order valence-corrected chi connectivity index (χ2v) is 2.09. The lowest BCUT2D eigenvalue weighted by molar-refractivity contribution is 0.215. The molecule has 0 spiro atoms. The average Bonchev–Trinajstić information content (AvgIpc) is 1.85. The van der Waals surface area contributed by atoms with Gasteiger partial charge in [0, 0.05) is 0 Å². The number of halogens is 1. The molecule has 9 heavy (non-hydrogen) atoms. The highest BCUT2D eigenvalue weighted by atomic mass is 79.9. The first kappa shape index (κ1) is 8.82. The van der Waals surface area contributed by atoms with Gasteiger partial charge in [-0.1, -0.05) is 0 Å². The standard InChI is InChI=1S/C6H11BrO2/c1-3-8-5-6(7)9-4-2/h5H,3-4H2,1-2H3/b6-5-. The van der Waals surface area contributed by atoms with E-state index in [9.17, 15) is 0 Å². The van der Waals surface area contributed by atoms with Crippen molar-refractivity contribution in [1.82, 2.24) is 0 Å². The van der Waals surface area contributed by atoms with Crippen LogP contribution in [0.15, 0.2) is 10.9 Å². The summed E-state index contributed by atoms with van der Waals surface area (Å²) >= 11 is 3.15. The fraction of sp³-hybridized carbons (Fsp3) is 0.667. The Morgan fingerprint density at radius 2 is 2.11 bits per heavy atom. The van der Waals surface area contributed by atoms with Crippen LogP contribution in [0.25, 0.3) is 0 Å². The van der Waals surface area contributed by atoms with Gasteiger partial charge in [0.2, 0.25) is 0 Å². The summed E-state index contributed by atoms with van der Waals surface area (Å²) < 4.78 is 10.6. The van der Waals surface area contributed by atoms with Crippen molar-refractivity contribution in [1.29, 1.82) is 0 Å². The molecule has 0 aliphatic carbocycles. The maximum Gasteiger partial charge on any atom is 0.196 e. The summed E-state index contributed by atoms with van der Waals surface area (Å²) in [6.45, 7) is 5.16. The summed E-state index contributed by atoms with van der Waals surface area (Å²) in [6.07, 6.45) is 1.55. The Hall–Kier alpha value is -0.180. The van der Waals surface area contributed by atoms with Gasteiger partial charge in [0.1, 0.15) is 6.26 Å². The van der Waals surface area contributed by atoms with E-state index in [0.717, 1.165) is 0 Å². The van der Waals surface area contributed by atoms with Crippen molar-refractivity contribution in [2.75, 3.05) is 13.2 Å². The summed E-state index contributed by atoms with van der Waals surface area (Å²) in [7, 11) is 0. The number of hydrogen-bond donors (Lipinski definition) is 0. The van der Waals surface area contributed by atoms with Gasteiger partial charge >= 0.3 is 0 Å². The van der Waals surface area contributed by atoms with Gasteiger partial charge in [-0.25, -0.2) is 0 Å². The SMILES string of the molecule is CCO/C=C(/Br)OCC. The van der Waals surface area contributed by atoms with E-state index in [1.807, 2.05) is 13.8 Å². The summed E-state index contributed by atoms with van der Waals surface area (Å²) in [4.78, 5) is 0. The Balaban J connectivity index is 3.30. The molecule has 0 radical (unpaired) electrons. The number of ether oxygens (including phenoxy) is 2. The minimum atomic E-state index is 0.645. The highest BCUT2D eigenvalue weighted by molar-refractivity contribution is 9.11. The summed E-state index contributed by atoms with van der Waals surface area (Å²) in [5.74, 6) is 0. The fourth-order valence-electron chi connectivity index (χ4n) is 0.321. The molecule has 0 fully saturated rings.